The van der Waals surface area contributed by atoms with Gasteiger partial charge in [-0.15, -0.1) is 0 Å². The molecule has 0 N–H and O–H groups in total. The summed E-state index contributed by atoms with van der Waals surface area (Å²) in [6, 6.07) is 13.8. The van der Waals surface area contributed by atoms with Crippen LogP contribution in [0.3, 0.4) is 0 Å². The lowest BCUT2D eigenvalue weighted by molar-refractivity contribution is -0.187. The Morgan fingerprint density at radius 3 is 1.61 bits per heavy atom. The summed E-state index contributed by atoms with van der Waals surface area (Å²) in [4.78, 5) is 39.3. The summed E-state index contributed by atoms with van der Waals surface area (Å²) in [6.07, 6.45) is 0. The lowest BCUT2D eigenvalue weighted by Gasteiger charge is -2.53. The third-order valence-corrected chi connectivity index (χ3v) is 4.81. The first-order chi connectivity index (χ1) is 13.3. The Labute approximate surface area is 164 Å². The Morgan fingerprint density at radius 2 is 1.36 bits per heavy atom. The van der Waals surface area contributed by atoms with Crippen LogP contribution in [0.1, 0.15) is 45.7 Å². The molecular formula is C22H24N2O4. The monoisotopic (exact) mass is 380 g/mol. The van der Waals surface area contributed by atoms with E-state index >= 15 is 0 Å². The molecule has 1 fully saturated rings. The Hall–Kier alpha value is -3.15. The van der Waals surface area contributed by atoms with Crippen molar-refractivity contribution in [3.05, 3.63) is 70.8 Å². The Morgan fingerprint density at radius 1 is 0.893 bits per heavy atom. The maximum Gasteiger partial charge on any atom is 0.386 e. The van der Waals surface area contributed by atoms with E-state index in [9.17, 15) is 9.59 Å². The topological polar surface area (TPSA) is 68.2 Å². The van der Waals surface area contributed by atoms with Gasteiger partial charge in [0.1, 0.15) is 12.5 Å². The lowest BCUT2D eigenvalue weighted by atomic mass is 9.81. The van der Waals surface area contributed by atoms with Gasteiger partial charge in [0.25, 0.3) is 0 Å². The van der Waals surface area contributed by atoms with Crippen molar-refractivity contribution in [2.75, 3.05) is 13.2 Å². The van der Waals surface area contributed by atoms with Gasteiger partial charge in [-0.25, -0.2) is 19.4 Å². The summed E-state index contributed by atoms with van der Waals surface area (Å²) in [5, 5.41) is 0. The van der Waals surface area contributed by atoms with E-state index in [1.165, 1.54) is 12.4 Å². The second-order valence-electron chi connectivity index (χ2n) is 7.58. The second-order valence-corrected chi connectivity index (χ2v) is 7.58. The van der Waals surface area contributed by atoms with Crippen LogP contribution in [0.25, 0.3) is 0 Å². The zero-order valence-corrected chi connectivity index (χ0v) is 16.6. The summed E-state index contributed by atoms with van der Waals surface area (Å²) in [7, 11) is 0. The predicted octanol–water partition coefficient (Wildman–Crippen LogP) is 3.93. The molecule has 0 bridgehead atoms. The average Bonchev–Trinajstić information content (AvgIpc) is 2.64. The number of hydrogen-bond acceptors (Lipinski definition) is 6. The highest BCUT2D eigenvalue weighted by Crippen LogP contribution is 2.36. The molecule has 2 aliphatic heterocycles. The molecule has 28 heavy (non-hydrogen) atoms. The summed E-state index contributed by atoms with van der Waals surface area (Å²) >= 11 is 0. The molecule has 0 aromatic heterocycles. The van der Waals surface area contributed by atoms with Gasteiger partial charge in [-0.1, -0.05) is 50.2 Å². The molecule has 2 aromatic carbocycles. The van der Waals surface area contributed by atoms with E-state index < -0.39 is 11.9 Å². The number of amidine groups is 1. The van der Waals surface area contributed by atoms with E-state index in [0.29, 0.717) is 16.5 Å². The number of carbonyl (C=O) groups excluding carboxylic acids is 2. The number of hydrogen-bond donors (Lipinski definition) is 0. The van der Waals surface area contributed by atoms with Crippen LogP contribution in [-0.4, -0.2) is 35.9 Å². The van der Waals surface area contributed by atoms with Crippen LogP contribution in [0.15, 0.2) is 53.5 Å². The van der Waals surface area contributed by atoms with Crippen molar-refractivity contribution >= 4 is 17.8 Å². The molecule has 6 heteroatoms. The minimum absolute atomic E-state index is 0.366. The van der Waals surface area contributed by atoms with Gasteiger partial charge in [0.05, 0.1) is 11.1 Å². The van der Waals surface area contributed by atoms with Gasteiger partial charge in [-0.2, -0.15) is 0 Å². The fourth-order valence-corrected chi connectivity index (χ4v) is 3.23. The van der Waals surface area contributed by atoms with Crippen molar-refractivity contribution in [2.45, 2.75) is 27.7 Å². The molecule has 146 valence electrons. The first kappa shape index (κ1) is 19.6. The van der Waals surface area contributed by atoms with E-state index in [-0.39, 0.29) is 0 Å². The maximum absolute atomic E-state index is 11.8. The third-order valence-electron chi connectivity index (χ3n) is 4.81. The summed E-state index contributed by atoms with van der Waals surface area (Å²) < 4.78 is 0. The first-order valence-electron chi connectivity index (χ1n) is 9.14. The lowest BCUT2D eigenvalue weighted by Crippen LogP contribution is -2.63. The highest BCUT2D eigenvalue weighted by atomic mass is 17.2. The predicted molar refractivity (Wildman–Crippen MR) is 106 cm³/mol. The van der Waals surface area contributed by atoms with Crippen LogP contribution >= 0.6 is 0 Å². The largest absolute Gasteiger partial charge is 0.386 e. The number of benzene rings is 2. The molecular weight excluding hydrogens is 356 g/mol. The van der Waals surface area contributed by atoms with Crippen LogP contribution in [0.5, 0.6) is 0 Å². The van der Waals surface area contributed by atoms with Crippen molar-refractivity contribution in [3.8, 4) is 0 Å². The molecule has 2 aromatic rings. The molecule has 0 atom stereocenters. The molecule has 0 amide bonds. The molecule has 2 aliphatic rings. The molecule has 2 heterocycles. The van der Waals surface area contributed by atoms with E-state index in [0.717, 1.165) is 17.8 Å². The van der Waals surface area contributed by atoms with Crippen molar-refractivity contribution < 1.29 is 19.4 Å². The van der Waals surface area contributed by atoms with E-state index in [4.69, 9.17) is 0 Å². The first-order valence-corrected chi connectivity index (χ1v) is 9.14. The van der Waals surface area contributed by atoms with Crippen molar-refractivity contribution in [1.82, 2.24) is 4.90 Å². The van der Waals surface area contributed by atoms with Crippen LogP contribution in [0.2, 0.25) is 0 Å². The highest BCUT2D eigenvalue weighted by Gasteiger charge is 2.45. The Kier molecular flexibility index (Phi) is 5.49. The number of rotatable bonds is 2. The quantitative estimate of drug-likeness (QED) is 0.583. The van der Waals surface area contributed by atoms with E-state index in [1.54, 1.807) is 50.2 Å². The molecule has 0 spiro atoms. The number of aliphatic imine (C=N–C) groups is 1. The van der Waals surface area contributed by atoms with Crippen LogP contribution in [0, 0.1) is 19.3 Å². The van der Waals surface area contributed by atoms with E-state index in [2.05, 4.69) is 33.5 Å². The van der Waals surface area contributed by atoms with Gasteiger partial charge in [0.15, 0.2) is 0 Å². The summed E-state index contributed by atoms with van der Waals surface area (Å²) in [6.45, 7) is 10.2. The molecule has 0 aliphatic carbocycles. The van der Waals surface area contributed by atoms with Gasteiger partial charge in [-0.3, -0.25) is 4.99 Å². The minimum atomic E-state index is -0.690. The molecule has 1 saturated heterocycles. The number of nitrogens with zero attached hydrogens (tertiary/aromatic N) is 2. The van der Waals surface area contributed by atoms with Crippen LogP contribution in [-0.2, 0) is 9.78 Å². The Balaban J connectivity index is 0.000000231. The maximum atomic E-state index is 11.8. The molecule has 0 saturated carbocycles. The third kappa shape index (κ3) is 4.06. The molecule has 6 nitrogen and oxygen atoms in total. The summed E-state index contributed by atoms with van der Waals surface area (Å²) in [5.41, 5.74) is 2.65. The summed E-state index contributed by atoms with van der Waals surface area (Å²) in [5.74, 6) is -0.0624. The standard InChI is InChI=1S/C16H14O4.C6H10N2/c1-11-7-3-5-9-13(11)15(17)19-20-16(18)14-10-6-4-8-12(14)2;1-6(2)3-8-4-7-5(6)8/h3-10H,1-2H3;3-4H2,1-2H3. The van der Waals surface area contributed by atoms with E-state index in [1.807, 2.05) is 12.1 Å². The molecule has 4 rings (SSSR count). The fraction of sp³-hybridized carbons (Fsp3) is 0.318. The number of carbonyl (C=O) groups is 2. The average molecular weight is 380 g/mol. The zero-order valence-electron chi connectivity index (χ0n) is 16.6. The molecule has 0 unspecified atom stereocenters. The second kappa shape index (κ2) is 7.84. The van der Waals surface area contributed by atoms with Crippen molar-refractivity contribution in [1.29, 1.82) is 0 Å². The van der Waals surface area contributed by atoms with Gasteiger partial charge in [-0.05, 0) is 37.1 Å². The number of aryl methyl sites for hydroxylation is 2. The van der Waals surface area contributed by atoms with Gasteiger partial charge < -0.3 is 4.90 Å². The Bertz CT molecular complexity index is 876. The van der Waals surface area contributed by atoms with Gasteiger partial charge in [0, 0.05) is 12.0 Å². The normalized spacial score (nSPS) is 15.6. The van der Waals surface area contributed by atoms with Gasteiger partial charge in [0.2, 0.25) is 0 Å². The zero-order chi connectivity index (χ0) is 20.3. The minimum Gasteiger partial charge on any atom is -0.339 e. The fourth-order valence-electron chi connectivity index (χ4n) is 3.23. The van der Waals surface area contributed by atoms with Crippen molar-refractivity contribution in [3.63, 3.8) is 0 Å². The van der Waals surface area contributed by atoms with Crippen LogP contribution < -0.4 is 0 Å². The molecule has 0 radical (unpaired) electrons. The number of fused-ring (bicyclic) bond motifs is 1. The van der Waals surface area contributed by atoms with Gasteiger partial charge >= 0.3 is 11.9 Å². The highest BCUT2D eigenvalue weighted by molar-refractivity contribution is 5.96. The van der Waals surface area contributed by atoms with Crippen LogP contribution in [0.4, 0.5) is 0 Å². The van der Waals surface area contributed by atoms with Crippen molar-refractivity contribution in [2.24, 2.45) is 10.4 Å². The SMILES string of the molecule is CC1(C)CN2CN=C21.Cc1ccccc1C(=O)OOC(=O)c1ccccc1C. The smallest absolute Gasteiger partial charge is 0.339 e.